The number of amides is 3. The second-order valence-electron chi connectivity index (χ2n) is 10.6. The molecule has 0 unspecified atom stereocenters. The summed E-state index contributed by atoms with van der Waals surface area (Å²) >= 11 is 0. The number of carbonyl (C=O) groups excluding carboxylic acids is 3. The Hall–Kier alpha value is -5.10. The molecule has 0 spiro atoms. The maximum atomic E-state index is 13.4. The Bertz CT molecular complexity index is 1570. The van der Waals surface area contributed by atoms with Crippen LogP contribution in [-0.4, -0.2) is 95.6 Å². The standard InChI is InChI=1S/C28H36N8O9S/c1-18-6-12-21(13-7-18)46(44,45)34(17-25(38)39)16-24(37)35-15-3-5-23(35)27(41)33-22(4-2-14-31-28(29)30)26(40)32-19-8-10-20(11-9-19)36(42)43/h6-13,22-23H,2-5,14-17H2,1H3,(H,32,40)(H,33,41)(H,38,39)(H4,29,30,31)/t22-,23-/m0/s1. The van der Waals surface area contributed by atoms with Gasteiger partial charge in [0, 0.05) is 30.9 Å². The number of non-ortho nitro benzene ring substituents is 1. The second kappa shape index (κ2) is 15.8. The van der Waals surface area contributed by atoms with E-state index < -0.39 is 63.8 Å². The Morgan fingerprint density at radius 2 is 1.78 bits per heavy atom. The predicted molar refractivity (Wildman–Crippen MR) is 165 cm³/mol. The van der Waals surface area contributed by atoms with E-state index in [9.17, 15) is 42.8 Å². The molecule has 1 aliphatic rings. The van der Waals surface area contributed by atoms with E-state index in [2.05, 4.69) is 16.0 Å². The molecule has 1 saturated heterocycles. The Morgan fingerprint density at radius 1 is 1.13 bits per heavy atom. The number of rotatable bonds is 15. The Kier molecular flexibility index (Phi) is 12.1. The van der Waals surface area contributed by atoms with Gasteiger partial charge in [0.1, 0.15) is 18.6 Å². The zero-order chi connectivity index (χ0) is 34.0. The van der Waals surface area contributed by atoms with Crippen LogP contribution in [0.5, 0.6) is 0 Å². The first-order chi connectivity index (χ1) is 21.7. The van der Waals surface area contributed by atoms with Crippen LogP contribution in [0.2, 0.25) is 0 Å². The number of sulfonamides is 1. The summed E-state index contributed by atoms with van der Waals surface area (Å²) in [5, 5.41) is 35.4. The molecule has 0 aromatic heterocycles. The molecule has 2 aromatic carbocycles. The molecule has 46 heavy (non-hydrogen) atoms. The monoisotopic (exact) mass is 660 g/mol. The van der Waals surface area contributed by atoms with E-state index in [1.54, 1.807) is 19.1 Å². The summed E-state index contributed by atoms with van der Waals surface area (Å²) in [6.45, 7) is 0.263. The maximum absolute atomic E-state index is 13.4. The molecule has 18 heteroatoms. The number of anilines is 1. The molecule has 17 nitrogen and oxygen atoms in total. The number of carboxylic acids is 1. The summed E-state index contributed by atoms with van der Waals surface area (Å²) in [5.74, 6) is -3.86. The van der Waals surface area contributed by atoms with Crippen molar-refractivity contribution < 1.29 is 37.6 Å². The number of aliphatic carboxylic acids is 1. The smallest absolute Gasteiger partial charge is 0.318 e. The summed E-state index contributed by atoms with van der Waals surface area (Å²) in [4.78, 5) is 62.9. The topological polar surface area (TPSA) is 258 Å². The number of carbonyl (C=O) groups is 4. The molecular weight excluding hydrogens is 624 g/mol. The molecule has 248 valence electrons. The maximum Gasteiger partial charge on any atom is 0.318 e. The van der Waals surface area contributed by atoms with Crippen LogP contribution in [0.3, 0.4) is 0 Å². The largest absolute Gasteiger partial charge is 0.480 e. The lowest BCUT2D eigenvalue weighted by molar-refractivity contribution is -0.384. The Labute approximate surface area is 264 Å². The fraction of sp³-hybridized carbons (Fsp3) is 0.393. The first-order valence-electron chi connectivity index (χ1n) is 14.2. The van der Waals surface area contributed by atoms with Crippen LogP contribution in [0.1, 0.15) is 31.2 Å². The number of guanidine groups is 1. The van der Waals surface area contributed by atoms with E-state index in [4.69, 9.17) is 11.1 Å². The van der Waals surface area contributed by atoms with Gasteiger partial charge >= 0.3 is 5.97 Å². The van der Waals surface area contributed by atoms with Gasteiger partial charge in [-0.25, -0.2) is 8.42 Å². The van der Waals surface area contributed by atoms with Gasteiger partial charge in [-0.1, -0.05) is 17.7 Å². The molecule has 0 bridgehead atoms. The van der Waals surface area contributed by atoms with Crippen molar-refractivity contribution in [3.05, 3.63) is 64.2 Å². The molecule has 1 aliphatic heterocycles. The highest BCUT2D eigenvalue weighted by Crippen LogP contribution is 2.22. The van der Waals surface area contributed by atoms with E-state index in [0.717, 1.165) is 10.5 Å². The molecule has 7 N–H and O–H groups in total. The number of hydrogen-bond donors (Lipinski definition) is 6. The number of nitro groups is 1. The minimum Gasteiger partial charge on any atom is -0.480 e. The normalized spacial score (nSPS) is 15.2. The fourth-order valence-corrected chi connectivity index (χ4v) is 6.12. The average Bonchev–Trinajstić information content (AvgIpc) is 3.49. The van der Waals surface area contributed by atoms with E-state index in [-0.39, 0.29) is 48.2 Å². The number of nitrogens with two attached hydrogens (primary N) is 1. The van der Waals surface area contributed by atoms with Crippen molar-refractivity contribution in [1.82, 2.24) is 19.8 Å². The Morgan fingerprint density at radius 3 is 2.37 bits per heavy atom. The van der Waals surface area contributed by atoms with Gasteiger partial charge in [-0.2, -0.15) is 4.31 Å². The molecule has 0 saturated carbocycles. The molecular formula is C28H36N8O9S. The molecule has 2 atom stereocenters. The van der Waals surface area contributed by atoms with E-state index >= 15 is 0 Å². The summed E-state index contributed by atoms with van der Waals surface area (Å²) in [6, 6.07) is 8.58. The number of nitro benzene ring substituents is 1. The second-order valence-corrected chi connectivity index (χ2v) is 12.5. The molecule has 3 rings (SSSR count). The number of carboxylic acid groups (broad SMARTS) is 1. The number of nitrogens with zero attached hydrogens (tertiary/aromatic N) is 3. The molecule has 1 heterocycles. The van der Waals surface area contributed by atoms with Crippen molar-refractivity contribution in [2.24, 2.45) is 5.73 Å². The molecule has 1 fully saturated rings. The minimum absolute atomic E-state index is 0.0900. The lowest BCUT2D eigenvalue weighted by Crippen LogP contribution is -2.54. The quantitative estimate of drug-likeness (QED) is 0.0499. The number of nitrogens with one attached hydrogen (secondary N) is 4. The third-order valence-corrected chi connectivity index (χ3v) is 8.93. The van der Waals surface area contributed by atoms with Crippen LogP contribution in [0.25, 0.3) is 0 Å². The molecule has 3 amide bonds. The van der Waals surface area contributed by atoms with Gasteiger partial charge in [-0.15, -0.1) is 0 Å². The van der Waals surface area contributed by atoms with Gasteiger partial charge < -0.3 is 31.7 Å². The lowest BCUT2D eigenvalue weighted by atomic mass is 10.1. The van der Waals surface area contributed by atoms with Gasteiger partial charge in [0.25, 0.3) is 5.69 Å². The summed E-state index contributed by atoms with van der Waals surface area (Å²) in [7, 11) is -4.38. The molecule has 0 radical (unpaired) electrons. The SMILES string of the molecule is Cc1ccc(S(=O)(=O)N(CC(=O)O)CC(=O)N2CCC[C@H]2C(=O)N[C@@H](CCCNC(=N)N)C(=O)Nc2ccc([N+](=O)[O-])cc2)cc1. The zero-order valence-corrected chi connectivity index (χ0v) is 25.8. The highest BCUT2D eigenvalue weighted by atomic mass is 32.2. The van der Waals surface area contributed by atoms with Crippen LogP contribution in [0, 0.1) is 22.4 Å². The van der Waals surface area contributed by atoms with Crippen LogP contribution in [0.4, 0.5) is 11.4 Å². The summed E-state index contributed by atoms with van der Waals surface area (Å²) in [5.41, 5.74) is 6.14. The first kappa shape index (κ1) is 35.4. The average molecular weight is 661 g/mol. The van der Waals surface area contributed by atoms with Crippen molar-refractivity contribution in [2.45, 2.75) is 49.6 Å². The van der Waals surface area contributed by atoms with Crippen LogP contribution >= 0.6 is 0 Å². The van der Waals surface area contributed by atoms with E-state index in [0.29, 0.717) is 17.1 Å². The highest BCUT2D eigenvalue weighted by molar-refractivity contribution is 7.89. The third kappa shape index (κ3) is 9.70. The van der Waals surface area contributed by atoms with Gasteiger partial charge in [0.05, 0.1) is 16.4 Å². The number of likely N-dealkylation sites (tertiary alicyclic amines) is 1. The third-order valence-electron chi connectivity index (χ3n) is 7.12. The van der Waals surface area contributed by atoms with Gasteiger partial charge in [0.15, 0.2) is 5.96 Å². The van der Waals surface area contributed by atoms with E-state index in [1.807, 2.05) is 0 Å². The van der Waals surface area contributed by atoms with Crippen LogP contribution < -0.4 is 21.7 Å². The van der Waals surface area contributed by atoms with Crippen molar-refractivity contribution in [2.75, 3.05) is 31.5 Å². The van der Waals surface area contributed by atoms with Gasteiger partial charge in [0.2, 0.25) is 27.7 Å². The predicted octanol–water partition coefficient (Wildman–Crippen LogP) is 0.356. The number of aryl methyl sites for hydroxylation is 1. The van der Waals surface area contributed by atoms with Crippen LogP contribution in [0.15, 0.2) is 53.4 Å². The lowest BCUT2D eigenvalue weighted by Gasteiger charge is -2.28. The van der Waals surface area contributed by atoms with Gasteiger partial charge in [-0.05, 0) is 56.9 Å². The summed E-state index contributed by atoms with van der Waals surface area (Å²) < 4.78 is 27.0. The van der Waals surface area contributed by atoms with Crippen molar-refractivity contribution >= 4 is 51.0 Å². The van der Waals surface area contributed by atoms with Crippen LogP contribution in [-0.2, 0) is 29.2 Å². The Balaban J connectivity index is 1.75. The first-order valence-corrected chi connectivity index (χ1v) is 15.6. The van der Waals surface area contributed by atoms with Crippen molar-refractivity contribution in [3.63, 3.8) is 0 Å². The zero-order valence-electron chi connectivity index (χ0n) is 25.0. The molecule has 2 aromatic rings. The van der Waals surface area contributed by atoms with Gasteiger partial charge in [-0.3, -0.25) is 34.7 Å². The minimum atomic E-state index is -4.38. The van der Waals surface area contributed by atoms with Crippen molar-refractivity contribution in [1.29, 1.82) is 5.41 Å². The van der Waals surface area contributed by atoms with Crippen molar-refractivity contribution in [3.8, 4) is 0 Å². The highest BCUT2D eigenvalue weighted by Gasteiger charge is 2.38. The fourth-order valence-electron chi connectivity index (χ4n) is 4.78. The molecule has 0 aliphatic carbocycles. The van der Waals surface area contributed by atoms with E-state index in [1.165, 1.54) is 36.4 Å². The number of benzene rings is 2. The number of hydrogen-bond acceptors (Lipinski definition) is 9. The summed E-state index contributed by atoms with van der Waals surface area (Å²) in [6.07, 6.45) is 0.999.